The number of nitrogens with zero attached hydrogens (tertiary/aromatic N) is 1. The van der Waals surface area contributed by atoms with Crippen molar-refractivity contribution in [2.75, 3.05) is 0 Å². The van der Waals surface area contributed by atoms with Crippen molar-refractivity contribution in [3.8, 4) is 0 Å². The first-order valence-electron chi connectivity index (χ1n) is 7.65. The highest BCUT2D eigenvalue weighted by Crippen LogP contribution is 2.15. The lowest BCUT2D eigenvalue weighted by atomic mass is 10.0. The summed E-state index contributed by atoms with van der Waals surface area (Å²) in [6.45, 7) is 7.22. The Labute approximate surface area is 135 Å². The smallest absolute Gasteiger partial charge is 0.262 e. The fraction of sp³-hybridized carbons (Fsp3) is 0.316. The third kappa shape index (κ3) is 3.65. The van der Waals surface area contributed by atoms with Gasteiger partial charge in [-0.3, -0.25) is 14.4 Å². The molecule has 120 valence electrons. The van der Waals surface area contributed by atoms with Crippen molar-refractivity contribution in [3.05, 3.63) is 69.1 Å². The van der Waals surface area contributed by atoms with Crippen LogP contribution in [0, 0.1) is 6.92 Å². The average Bonchev–Trinajstić information content (AvgIpc) is 2.50. The standard InChI is InChI=1S/C19H21NO3/c1-12(2)15-6-8-16(9-7-15)18(22)11-20-13(3)5-10-17(14(4)21)19(20)23/h5-10,12H,11H2,1-4H3. The number of aromatic nitrogens is 1. The molecule has 4 nitrogen and oxygen atoms in total. The minimum absolute atomic E-state index is 0.0627. The summed E-state index contributed by atoms with van der Waals surface area (Å²) in [6.07, 6.45) is 0. The van der Waals surface area contributed by atoms with E-state index in [1.807, 2.05) is 12.1 Å². The zero-order valence-corrected chi connectivity index (χ0v) is 13.9. The van der Waals surface area contributed by atoms with E-state index in [-0.39, 0.29) is 23.7 Å². The average molecular weight is 311 g/mol. The second kappa shape index (κ2) is 6.73. The van der Waals surface area contributed by atoms with Crippen LogP contribution in [0.3, 0.4) is 0 Å². The molecule has 0 atom stereocenters. The topological polar surface area (TPSA) is 56.1 Å². The van der Waals surface area contributed by atoms with Crippen molar-refractivity contribution >= 4 is 11.6 Å². The van der Waals surface area contributed by atoms with Crippen molar-refractivity contribution in [1.82, 2.24) is 4.57 Å². The molecule has 0 aliphatic rings. The first kappa shape index (κ1) is 16.9. The Hall–Kier alpha value is -2.49. The van der Waals surface area contributed by atoms with Crippen LogP contribution < -0.4 is 5.56 Å². The van der Waals surface area contributed by atoms with Crippen molar-refractivity contribution in [1.29, 1.82) is 0 Å². The fourth-order valence-corrected chi connectivity index (χ4v) is 2.42. The van der Waals surface area contributed by atoms with Crippen LogP contribution >= 0.6 is 0 Å². The minimum atomic E-state index is -0.412. The van der Waals surface area contributed by atoms with Gasteiger partial charge in [-0.1, -0.05) is 38.1 Å². The Morgan fingerprint density at radius 2 is 1.65 bits per heavy atom. The van der Waals surface area contributed by atoms with E-state index in [2.05, 4.69) is 13.8 Å². The van der Waals surface area contributed by atoms with E-state index in [9.17, 15) is 14.4 Å². The van der Waals surface area contributed by atoms with Gasteiger partial charge in [0.1, 0.15) is 0 Å². The number of carbonyl (C=O) groups excluding carboxylic acids is 2. The molecule has 0 aliphatic heterocycles. The summed E-state index contributed by atoms with van der Waals surface area (Å²) >= 11 is 0. The monoisotopic (exact) mass is 311 g/mol. The lowest BCUT2D eigenvalue weighted by Gasteiger charge is -2.11. The van der Waals surface area contributed by atoms with E-state index in [0.717, 1.165) is 5.56 Å². The van der Waals surface area contributed by atoms with E-state index in [0.29, 0.717) is 17.2 Å². The first-order valence-corrected chi connectivity index (χ1v) is 7.65. The van der Waals surface area contributed by atoms with Crippen molar-refractivity contribution < 1.29 is 9.59 Å². The summed E-state index contributed by atoms with van der Waals surface area (Å²) in [5.41, 5.74) is 2.08. The van der Waals surface area contributed by atoms with Gasteiger partial charge in [-0.15, -0.1) is 0 Å². The number of hydrogen-bond donors (Lipinski definition) is 0. The molecule has 1 heterocycles. The Kier molecular flexibility index (Phi) is 4.94. The summed E-state index contributed by atoms with van der Waals surface area (Å²) in [4.78, 5) is 36.3. The lowest BCUT2D eigenvalue weighted by Crippen LogP contribution is -2.30. The second-order valence-corrected chi connectivity index (χ2v) is 6.04. The van der Waals surface area contributed by atoms with Crippen LogP contribution in [0.15, 0.2) is 41.2 Å². The maximum absolute atomic E-state index is 12.4. The molecule has 0 radical (unpaired) electrons. The SMILES string of the molecule is CC(=O)c1ccc(C)n(CC(=O)c2ccc(C(C)C)cc2)c1=O. The van der Waals surface area contributed by atoms with Crippen molar-refractivity contribution in [2.45, 2.75) is 40.2 Å². The molecular weight excluding hydrogens is 290 g/mol. The Morgan fingerprint density at radius 3 is 2.17 bits per heavy atom. The third-order valence-corrected chi connectivity index (χ3v) is 3.97. The molecule has 2 aromatic rings. The summed E-state index contributed by atoms with van der Waals surface area (Å²) in [6, 6.07) is 10.6. The van der Waals surface area contributed by atoms with Gasteiger partial charge in [0.05, 0.1) is 12.1 Å². The zero-order valence-electron chi connectivity index (χ0n) is 13.9. The predicted molar refractivity (Wildman–Crippen MR) is 90.3 cm³/mol. The Balaban J connectivity index is 2.32. The van der Waals surface area contributed by atoms with Crippen molar-refractivity contribution in [3.63, 3.8) is 0 Å². The van der Waals surface area contributed by atoms with Crippen LogP contribution in [0.1, 0.15) is 58.7 Å². The molecule has 1 aromatic carbocycles. The van der Waals surface area contributed by atoms with Crippen LogP contribution in [0.25, 0.3) is 0 Å². The van der Waals surface area contributed by atoms with Crippen molar-refractivity contribution in [2.24, 2.45) is 0 Å². The highest BCUT2D eigenvalue weighted by Gasteiger charge is 2.14. The fourth-order valence-electron chi connectivity index (χ4n) is 2.42. The number of Topliss-reactive ketones (excluding diaryl/α,β-unsaturated/α-hetero) is 2. The van der Waals surface area contributed by atoms with Gasteiger partial charge in [0, 0.05) is 11.3 Å². The van der Waals surface area contributed by atoms with Gasteiger partial charge >= 0.3 is 0 Å². The maximum Gasteiger partial charge on any atom is 0.262 e. The number of hydrogen-bond acceptors (Lipinski definition) is 3. The van der Waals surface area contributed by atoms with E-state index >= 15 is 0 Å². The minimum Gasteiger partial charge on any atom is -0.305 e. The molecule has 4 heteroatoms. The molecular formula is C19H21NO3. The highest BCUT2D eigenvalue weighted by atomic mass is 16.2. The second-order valence-electron chi connectivity index (χ2n) is 6.04. The van der Waals surface area contributed by atoms with Gasteiger partial charge in [0.25, 0.3) is 5.56 Å². The van der Waals surface area contributed by atoms with Gasteiger partial charge < -0.3 is 4.57 Å². The number of ketones is 2. The molecule has 2 rings (SSSR count). The normalized spacial score (nSPS) is 10.8. The molecule has 0 aliphatic carbocycles. The van der Waals surface area contributed by atoms with Crippen LogP contribution in [0.5, 0.6) is 0 Å². The molecule has 0 amide bonds. The Morgan fingerprint density at radius 1 is 1.04 bits per heavy atom. The molecule has 0 unspecified atom stereocenters. The maximum atomic E-state index is 12.4. The van der Waals surface area contributed by atoms with Crippen LogP contribution in [0.4, 0.5) is 0 Å². The number of rotatable bonds is 5. The largest absolute Gasteiger partial charge is 0.305 e. The molecule has 23 heavy (non-hydrogen) atoms. The summed E-state index contributed by atoms with van der Waals surface area (Å²) in [5.74, 6) is -0.0417. The summed E-state index contributed by atoms with van der Waals surface area (Å²) in [5, 5.41) is 0. The van der Waals surface area contributed by atoms with Gasteiger partial charge in [-0.05, 0) is 37.5 Å². The molecule has 0 N–H and O–H groups in total. The molecule has 0 spiro atoms. The highest BCUT2D eigenvalue weighted by molar-refractivity contribution is 5.96. The summed E-state index contributed by atoms with van der Waals surface area (Å²) < 4.78 is 1.36. The number of aryl methyl sites for hydroxylation is 1. The van der Waals surface area contributed by atoms with Crippen LogP contribution in [-0.2, 0) is 6.54 Å². The predicted octanol–water partition coefficient (Wildman–Crippen LogP) is 3.37. The zero-order chi connectivity index (χ0) is 17.1. The van der Waals surface area contributed by atoms with Gasteiger partial charge in [0.15, 0.2) is 11.6 Å². The van der Waals surface area contributed by atoms with Gasteiger partial charge in [-0.2, -0.15) is 0 Å². The molecule has 1 aromatic heterocycles. The van der Waals surface area contributed by atoms with Gasteiger partial charge in [0.2, 0.25) is 0 Å². The summed E-state index contributed by atoms with van der Waals surface area (Å²) in [7, 11) is 0. The van der Waals surface area contributed by atoms with E-state index in [1.165, 1.54) is 17.6 Å². The van der Waals surface area contributed by atoms with Crippen LogP contribution in [0.2, 0.25) is 0 Å². The quantitative estimate of drug-likeness (QED) is 0.796. The number of pyridine rings is 1. The van der Waals surface area contributed by atoms with Crippen LogP contribution in [-0.4, -0.2) is 16.1 Å². The van der Waals surface area contributed by atoms with E-state index in [1.54, 1.807) is 25.1 Å². The molecule has 0 bridgehead atoms. The molecule has 0 fully saturated rings. The van der Waals surface area contributed by atoms with E-state index in [4.69, 9.17) is 0 Å². The van der Waals surface area contributed by atoms with E-state index < -0.39 is 5.56 Å². The number of benzene rings is 1. The molecule has 0 saturated carbocycles. The first-order chi connectivity index (χ1) is 10.8. The molecule has 0 saturated heterocycles. The Bertz CT molecular complexity index is 798. The number of carbonyl (C=O) groups is 2. The lowest BCUT2D eigenvalue weighted by molar-refractivity contribution is 0.0964. The van der Waals surface area contributed by atoms with Gasteiger partial charge in [-0.25, -0.2) is 0 Å². The third-order valence-electron chi connectivity index (χ3n) is 3.97.